The molecular formula is C42H34Cl2N2SiZr. The minimum atomic E-state index is -0.826. The molecule has 0 unspecified atom stereocenters. The second-order valence-corrected chi connectivity index (χ2v) is 16.1. The van der Waals surface area contributed by atoms with E-state index in [1.54, 1.807) is 0 Å². The number of benzene rings is 4. The van der Waals surface area contributed by atoms with Gasteiger partial charge in [0.05, 0.1) is 11.4 Å². The van der Waals surface area contributed by atoms with E-state index in [0.717, 1.165) is 20.9 Å². The summed E-state index contributed by atoms with van der Waals surface area (Å²) in [6.07, 6.45) is 3.67. The fraction of sp³-hybridized carbons (Fsp3) is 0.0476. The molecule has 0 aliphatic carbocycles. The zero-order valence-electron chi connectivity index (χ0n) is 26.8. The Labute approximate surface area is 304 Å². The molecule has 2 radical (unpaired) electrons. The summed E-state index contributed by atoms with van der Waals surface area (Å²) in [6.45, 7) is 4.29. The van der Waals surface area contributed by atoms with Crippen LogP contribution in [-0.4, -0.2) is 19.5 Å². The second-order valence-electron chi connectivity index (χ2n) is 10.9. The molecule has 0 amide bonds. The smallest absolute Gasteiger partial charge is 0.0631 e. The topological polar surface area (TPSA) is 25.8 Å². The first-order valence-corrected chi connectivity index (χ1v) is 22.9. The molecule has 0 aliphatic heterocycles. The Morgan fingerprint density at radius 2 is 0.896 bits per heavy atom. The molecule has 2 heterocycles. The fourth-order valence-corrected chi connectivity index (χ4v) is 6.53. The van der Waals surface area contributed by atoms with Crippen molar-refractivity contribution < 1.29 is 20.8 Å². The van der Waals surface area contributed by atoms with Crippen LogP contribution in [-0.2, 0) is 20.8 Å². The van der Waals surface area contributed by atoms with Crippen molar-refractivity contribution in [1.29, 1.82) is 0 Å². The number of aromatic nitrogens is 2. The SMILES string of the molecule is Cc1ccc(-c2ccccn2)c2cc[cH-]c12.Cc1ccc(-c2ccccn2)c2cc[cH-]c12.[Cl][Zr+2][Cl].c1ccc([Si]c2ccccc2)cc1. The van der Waals surface area contributed by atoms with Crippen molar-refractivity contribution >= 4 is 58.5 Å². The Morgan fingerprint density at radius 3 is 1.27 bits per heavy atom. The summed E-state index contributed by atoms with van der Waals surface area (Å²) >= 11 is -0.826. The number of fused-ring (bicyclic) bond motifs is 2. The van der Waals surface area contributed by atoms with Crippen LogP contribution in [0, 0.1) is 13.8 Å². The average Bonchev–Trinajstić information content (AvgIpc) is 3.84. The standard InChI is InChI=1S/2C15H12N.C12H10Si.2ClH.Zr/c2*1-11-8-9-14(13-6-4-5-12(11)13)15-7-2-3-10-16-15;1-3-7-11(8-4-1)13-12-9-5-2-6-10-12;;;/h2*2-10H,1H3;1-10H;2*1H;/q2*-1;;;;+4/p-2. The average molecular weight is 757 g/mol. The van der Waals surface area contributed by atoms with E-state index in [-0.39, 0.29) is 0 Å². The maximum absolute atomic E-state index is 4.93. The Bertz CT molecular complexity index is 1960. The molecule has 0 fully saturated rings. The first kappa shape index (κ1) is 35.4. The van der Waals surface area contributed by atoms with Gasteiger partial charge in [0, 0.05) is 12.4 Å². The molecule has 0 bridgehead atoms. The van der Waals surface area contributed by atoms with Crippen molar-refractivity contribution in [1.82, 2.24) is 9.97 Å². The molecule has 0 saturated carbocycles. The van der Waals surface area contributed by atoms with E-state index in [2.05, 4.69) is 157 Å². The van der Waals surface area contributed by atoms with Crippen LogP contribution in [0.15, 0.2) is 170 Å². The fourth-order valence-electron chi connectivity index (χ4n) is 5.47. The molecule has 0 saturated heterocycles. The van der Waals surface area contributed by atoms with Gasteiger partial charge in [-0.3, -0.25) is 9.97 Å². The molecule has 48 heavy (non-hydrogen) atoms. The third-order valence-electron chi connectivity index (χ3n) is 7.78. The second kappa shape index (κ2) is 18.6. The summed E-state index contributed by atoms with van der Waals surface area (Å²) in [4.78, 5) is 8.82. The largest absolute Gasteiger partial charge is 0.121 e. The van der Waals surface area contributed by atoms with Crippen LogP contribution in [0.4, 0.5) is 0 Å². The van der Waals surface area contributed by atoms with Gasteiger partial charge < -0.3 is 0 Å². The third kappa shape index (κ3) is 9.58. The van der Waals surface area contributed by atoms with Gasteiger partial charge in [0.2, 0.25) is 0 Å². The molecule has 8 rings (SSSR count). The molecule has 234 valence electrons. The third-order valence-corrected chi connectivity index (χ3v) is 9.02. The van der Waals surface area contributed by atoms with Crippen LogP contribution in [0.1, 0.15) is 11.1 Å². The van der Waals surface area contributed by atoms with Gasteiger partial charge in [0.15, 0.2) is 0 Å². The summed E-state index contributed by atoms with van der Waals surface area (Å²) in [5.74, 6) is 0. The van der Waals surface area contributed by atoms with Crippen molar-refractivity contribution in [2.75, 3.05) is 0 Å². The minimum Gasteiger partial charge on any atom is -0.0631 e. The maximum atomic E-state index is 4.93. The zero-order chi connectivity index (χ0) is 33.6. The number of rotatable bonds is 4. The number of hydrogen-bond donors (Lipinski definition) is 0. The Hall–Kier alpha value is -3.92. The summed E-state index contributed by atoms with van der Waals surface area (Å²) in [5.41, 5.74) is 7.15. The predicted octanol–water partition coefficient (Wildman–Crippen LogP) is 10.6. The molecule has 2 aromatic heterocycles. The van der Waals surface area contributed by atoms with Gasteiger partial charge in [0.25, 0.3) is 0 Å². The van der Waals surface area contributed by atoms with Crippen molar-refractivity contribution in [3.05, 3.63) is 181 Å². The van der Waals surface area contributed by atoms with Gasteiger partial charge >= 0.3 is 37.9 Å². The van der Waals surface area contributed by atoms with E-state index >= 15 is 0 Å². The van der Waals surface area contributed by atoms with Crippen LogP contribution >= 0.6 is 17.0 Å². The van der Waals surface area contributed by atoms with Gasteiger partial charge in [-0.15, -0.1) is 56.9 Å². The van der Waals surface area contributed by atoms with Gasteiger partial charge in [-0.25, -0.2) is 0 Å². The number of pyridine rings is 2. The van der Waals surface area contributed by atoms with E-state index in [1.807, 2.05) is 36.7 Å². The zero-order valence-corrected chi connectivity index (χ0v) is 31.8. The molecule has 0 atom stereocenters. The van der Waals surface area contributed by atoms with Crippen LogP contribution in [0.2, 0.25) is 0 Å². The van der Waals surface area contributed by atoms with Crippen molar-refractivity contribution in [2.45, 2.75) is 13.8 Å². The van der Waals surface area contributed by atoms with E-state index in [0.29, 0.717) is 0 Å². The number of halogens is 2. The van der Waals surface area contributed by atoms with Crippen LogP contribution in [0.25, 0.3) is 44.1 Å². The molecule has 0 aliphatic rings. The summed E-state index contributed by atoms with van der Waals surface area (Å²) in [7, 11) is 10.6. The number of aryl methyl sites for hydroxylation is 2. The van der Waals surface area contributed by atoms with Gasteiger partial charge in [0.1, 0.15) is 9.52 Å². The molecule has 0 spiro atoms. The first-order valence-electron chi connectivity index (χ1n) is 15.5. The van der Waals surface area contributed by atoms with E-state index in [4.69, 9.17) is 17.0 Å². The molecule has 6 heteroatoms. The van der Waals surface area contributed by atoms with E-state index in [9.17, 15) is 0 Å². The summed E-state index contributed by atoms with van der Waals surface area (Å²) in [5, 5.41) is 8.02. The van der Waals surface area contributed by atoms with Crippen molar-refractivity contribution in [3.8, 4) is 22.5 Å². The Balaban J connectivity index is 0.000000136. The van der Waals surface area contributed by atoms with Gasteiger partial charge in [-0.05, 0) is 35.4 Å². The van der Waals surface area contributed by atoms with Crippen molar-refractivity contribution in [2.24, 2.45) is 0 Å². The maximum Gasteiger partial charge on any atom is 0.121 e. The van der Waals surface area contributed by atoms with Crippen LogP contribution in [0.3, 0.4) is 0 Å². The summed E-state index contributed by atoms with van der Waals surface area (Å²) < 4.78 is 0. The molecule has 6 aromatic carbocycles. The Kier molecular flexibility index (Phi) is 13.7. The monoisotopic (exact) mass is 754 g/mol. The van der Waals surface area contributed by atoms with E-state index < -0.39 is 20.8 Å². The van der Waals surface area contributed by atoms with Crippen LogP contribution < -0.4 is 10.4 Å². The molecule has 0 N–H and O–H groups in total. The summed E-state index contributed by atoms with van der Waals surface area (Å²) in [6, 6.07) is 54.7. The predicted molar refractivity (Wildman–Crippen MR) is 205 cm³/mol. The first-order chi connectivity index (χ1) is 23.6. The van der Waals surface area contributed by atoms with Gasteiger partial charge in [-0.1, -0.05) is 109 Å². The van der Waals surface area contributed by atoms with Crippen molar-refractivity contribution in [3.63, 3.8) is 0 Å². The van der Waals surface area contributed by atoms with Crippen LogP contribution in [0.5, 0.6) is 0 Å². The minimum absolute atomic E-state index is 0.777. The Morgan fingerprint density at radius 1 is 0.500 bits per heavy atom. The molecule has 8 aromatic rings. The van der Waals surface area contributed by atoms with Gasteiger partial charge in [-0.2, -0.15) is 24.3 Å². The molecule has 2 nitrogen and oxygen atoms in total. The number of hydrogen-bond acceptors (Lipinski definition) is 2. The normalized spacial score (nSPS) is 10.1. The molecular weight excluding hydrogens is 723 g/mol. The van der Waals surface area contributed by atoms with E-state index in [1.165, 1.54) is 54.2 Å². The quantitative estimate of drug-likeness (QED) is 0.132. The number of nitrogens with zero attached hydrogens (tertiary/aromatic N) is 2.